The summed E-state index contributed by atoms with van der Waals surface area (Å²) < 4.78 is 0. The van der Waals surface area contributed by atoms with E-state index in [1.165, 1.54) is 5.56 Å². The van der Waals surface area contributed by atoms with Crippen molar-refractivity contribution >= 4 is 17.6 Å². The lowest BCUT2D eigenvalue weighted by molar-refractivity contribution is -0.120. The van der Waals surface area contributed by atoms with Crippen LogP contribution in [0.4, 0.5) is 10.5 Å². The van der Waals surface area contributed by atoms with Crippen LogP contribution in [-0.4, -0.2) is 43.0 Å². The third kappa shape index (κ3) is 4.97. The van der Waals surface area contributed by atoms with Gasteiger partial charge < -0.3 is 11.1 Å². The Hall–Kier alpha value is -2.70. The first-order chi connectivity index (χ1) is 13.5. The molecule has 2 aromatic rings. The van der Waals surface area contributed by atoms with E-state index in [9.17, 15) is 9.59 Å². The van der Waals surface area contributed by atoms with Gasteiger partial charge >= 0.3 is 6.03 Å². The largest absolute Gasteiger partial charge is 0.330 e. The molecular formula is C22H28N4O2. The number of nitrogens with two attached hydrogens (primary N) is 1. The minimum absolute atomic E-state index is 0.181. The number of nitrogens with one attached hydrogen (secondary N) is 2. The van der Waals surface area contributed by atoms with Crippen LogP contribution >= 0.6 is 0 Å². The molecule has 0 unspecified atom stereocenters. The molecule has 0 spiro atoms. The summed E-state index contributed by atoms with van der Waals surface area (Å²) in [4.78, 5) is 26.6. The summed E-state index contributed by atoms with van der Waals surface area (Å²) in [6, 6.07) is 15.5. The van der Waals surface area contributed by atoms with Crippen LogP contribution < -0.4 is 16.4 Å². The molecular weight excluding hydrogens is 352 g/mol. The Morgan fingerprint density at radius 3 is 2.54 bits per heavy atom. The molecule has 6 nitrogen and oxygen atoms in total. The van der Waals surface area contributed by atoms with E-state index in [0.717, 1.165) is 24.2 Å². The summed E-state index contributed by atoms with van der Waals surface area (Å²) >= 11 is 0. The van der Waals surface area contributed by atoms with Gasteiger partial charge in [-0.15, -0.1) is 0 Å². The van der Waals surface area contributed by atoms with Gasteiger partial charge in [0.05, 0.1) is 6.54 Å². The third-order valence-electron chi connectivity index (χ3n) is 5.30. The zero-order valence-electron chi connectivity index (χ0n) is 16.4. The first-order valence-electron chi connectivity index (χ1n) is 9.61. The van der Waals surface area contributed by atoms with Crippen LogP contribution in [0.1, 0.15) is 22.6 Å². The Kier molecular flexibility index (Phi) is 6.44. The van der Waals surface area contributed by atoms with Gasteiger partial charge in [-0.3, -0.25) is 15.0 Å². The van der Waals surface area contributed by atoms with Gasteiger partial charge in [0.1, 0.15) is 0 Å². The van der Waals surface area contributed by atoms with Gasteiger partial charge in [0, 0.05) is 24.7 Å². The number of anilines is 1. The van der Waals surface area contributed by atoms with Crippen molar-refractivity contribution < 1.29 is 9.59 Å². The Balaban J connectivity index is 1.54. The molecule has 0 aromatic heterocycles. The second-order valence-electron chi connectivity index (χ2n) is 7.53. The molecule has 1 heterocycles. The molecule has 148 valence electrons. The number of carbonyl (C=O) groups excluding carboxylic acids is 2. The van der Waals surface area contributed by atoms with Crippen molar-refractivity contribution in [1.29, 1.82) is 0 Å². The van der Waals surface area contributed by atoms with E-state index in [0.29, 0.717) is 24.1 Å². The molecule has 1 aliphatic heterocycles. The van der Waals surface area contributed by atoms with Crippen LogP contribution in [0, 0.1) is 19.8 Å². The highest BCUT2D eigenvalue weighted by Crippen LogP contribution is 2.31. The van der Waals surface area contributed by atoms with Crippen molar-refractivity contribution in [3.8, 4) is 0 Å². The average molecular weight is 380 g/mol. The van der Waals surface area contributed by atoms with Crippen molar-refractivity contribution in [2.24, 2.45) is 11.7 Å². The Bertz CT molecular complexity index is 838. The van der Waals surface area contributed by atoms with Crippen molar-refractivity contribution in [1.82, 2.24) is 10.2 Å². The zero-order chi connectivity index (χ0) is 20.1. The van der Waals surface area contributed by atoms with Gasteiger partial charge in [-0.1, -0.05) is 48.0 Å². The predicted octanol–water partition coefficient (Wildman–Crippen LogP) is 2.63. The smallest absolute Gasteiger partial charge is 0.325 e. The van der Waals surface area contributed by atoms with Crippen LogP contribution in [0.15, 0.2) is 48.5 Å². The predicted molar refractivity (Wildman–Crippen MR) is 111 cm³/mol. The molecule has 28 heavy (non-hydrogen) atoms. The standard InChI is InChI=1S/C22H28N4O2/c1-15-8-9-20(16(2)10-15)24-22(28)25-21(27)14-26-12-18(11-23)19(13-26)17-6-4-3-5-7-17/h3-10,18-19H,11-14,23H2,1-2H3,(H2,24,25,27,28)/t18-,19+/m1/s1. The summed E-state index contributed by atoms with van der Waals surface area (Å²) in [5.41, 5.74) is 9.98. The molecule has 0 radical (unpaired) electrons. The average Bonchev–Trinajstić information content (AvgIpc) is 3.07. The molecule has 1 saturated heterocycles. The number of benzene rings is 2. The van der Waals surface area contributed by atoms with Crippen molar-refractivity contribution in [2.75, 3.05) is 31.5 Å². The number of amides is 3. The number of nitrogens with zero attached hydrogens (tertiary/aromatic N) is 1. The minimum Gasteiger partial charge on any atom is -0.330 e. The minimum atomic E-state index is -0.508. The summed E-state index contributed by atoms with van der Waals surface area (Å²) in [6.45, 7) is 6.18. The number of aryl methyl sites for hydroxylation is 2. The Labute approximate surface area is 166 Å². The first-order valence-corrected chi connectivity index (χ1v) is 9.61. The first kappa shape index (κ1) is 20.0. The fourth-order valence-electron chi connectivity index (χ4n) is 3.88. The fraction of sp³-hybridized carbons (Fsp3) is 0.364. The highest BCUT2D eigenvalue weighted by atomic mass is 16.2. The SMILES string of the molecule is Cc1ccc(NC(=O)NC(=O)CN2C[C@@H](CN)[C@H](c3ccccc3)C2)c(C)c1. The summed E-state index contributed by atoms with van der Waals surface area (Å²) in [6.07, 6.45) is 0. The molecule has 0 saturated carbocycles. The molecule has 1 aliphatic rings. The monoisotopic (exact) mass is 380 g/mol. The number of carbonyl (C=O) groups is 2. The number of urea groups is 1. The molecule has 0 aliphatic carbocycles. The van der Waals surface area contributed by atoms with E-state index in [-0.39, 0.29) is 12.5 Å². The lowest BCUT2D eigenvalue weighted by Crippen LogP contribution is -2.41. The van der Waals surface area contributed by atoms with Gasteiger partial charge in [-0.05, 0) is 43.5 Å². The number of hydrogen-bond acceptors (Lipinski definition) is 4. The molecule has 2 atom stereocenters. The maximum Gasteiger partial charge on any atom is 0.325 e. The Morgan fingerprint density at radius 1 is 1.11 bits per heavy atom. The van der Waals surface area contributed by atoms with E-state index in [1.807, 2.05) is 50.2 Å². The molecule has 0 bridgehead atoms. The van der Waals surface area contributed by atoms with E-state index >= 15 is 0 Å². The maximum atomic E-state index is 12.3. The zero-order valence-corrected chi connectivity index (χ0v) is 16.4. The lowest BCUT2D eigenvalue weighted by atomic mass is 9.89. The van der Waals surface area contributed by atoms with Crippen LogP contribution in [0.5, 0.6) is 0 Å². The maximum absolute atomic E-state index is 12.3. The topological polar surface area (TPSA) is 87.5 Å². The molecule has 6 heteroatoms. The van der Waals surface area contributed by atoms with Crippen molar-refractivity contribution in [3.05, 3.63) is 65.2 Å². The van der Waals surface area contributed by atoms with Crippen LogP contribution in [0.3, 0.4) is 0 Å². The fourth-order valence-corrected chi connectivity index (χ4v) is 3.88. The third-order valence-corrected chi connectivity index (χ3v) is 5.30. The molecule has 3 amide bonds. The number of likely N-dealkylation sites (tertiary alicyclic amines) is 1. The second-order valence-corrected chi connectivity index (χ2v) is 7.53. The van der Waals surface area contributed by atoms with Gasteiger partial charge in [0.25, 0.3) is 0 Å². The lowest BCUT2D eigenvalue weighted by Gasteiger charge is -2.16. The second kappa shape index (κ2) is 8.99. The Morgan fingerprint density at radius 2 is 1.86 bits per heavy atom. The van der Waals surface area contributed by atoms with E-state index in [2.05, 4.69) is 27.7 Å². The van der Waals surface area contributed by atoms with E-state index in [1.54, 1.807) is 0 Å². The molecule has 3 rings (SSSR count). The normalized spacial score (nSPS) is 19.4. The summed E-state index contributed by atoms with van der Waals surface area (Å²) in [7, 11) is 0. The van der Waals surface area contributed by atoms with Crippen LogP contribution in [-0.2, 0) is 4.79 Å². The quantitative estimate of drug-likeness (QED) is 0.744. The van der Waals surface area contributed by atoms with Crippen LogP contribution in [0.25, 0.3) is 0 Å². The van der Waals surface area contributed by atoms with Gasteiger partial charge in [-0.25, -0.2) is 4.79 Å². The number of imide groups is 1. The highest BCUT2D eigenvalue weighted by Gasteiger charge is 2.33. The van der Waals surface area contributed by atoms with E-state index < -0.39 is 6.03 Å². The molecule has 2 aromatic carbocycles. The molecule has 1 fully saturated rings. The van der Waals surface area contributed by atoms with Crippen molar-refractivity contribution in [2.45, 2.75) is 19.8 Å². The summed E-state index contributed by atoms with van der Waals surface area (Å²) in [5, 5.41) is 5.16. The van der Waals surface area contributed by atoms with Crippen molar-refractivity contribution in [3.63, 3.8) is 0 Å². The number of hydrogen-bond donors (Lipinski definition) is 3. The van der Waals surface area contributed by atoms with Gasteiger partial charge in [0.2, 0.25) is 5.91 Å². The summed E-state index contributed by atoms with van der Waals surface area (Å²) in [5.74, 6) is 0.300. The van der Waals surface area contributed by atoms with Gasteiger partial charge in [0.15, 0.2) is 0 Å². The van der Waals surface area contributed by atoms with Crippen LogP contribution in [0.2, 0.25) is 0 Å². The van der Waals surface area contributed by atoms with Gasteiger partial charge in [-0.2, -0.15) is 0 Å². The highest BCUT2D eigenvalue weighted by molar-refractivity contribution is 6.02. The van der Waals surface area contributed by atoms with E-state index in [4.69, 9.17) is 5.73 Å². The molecule has 4 N–H and O–H groups in total. The number of rotatable bonds is 5.